The lowest BCUT2D eigenvalue weighted by Gasteiger charge is -2.37. The number of sulfonamides is 1. The first kappa shape index (κ1) is 14.8. The first-order chi connectivity index (χ1) is 9.25. The second-order valence-electron chi connectivity index (χ2n) is 4.97. The van der Waals surface area contributed by atoms with Gasteiger partial charge in [-0.3, -0.25) is 10.1 Å². The van der Waals surface area contributed by atoms with Crippen molar-refractivity contribution in [1.29, 1.82) is 0 Å². The van der Waals surface area contributed by atoms with Crippen LogP contribution in [0.3, 0.4) is 0 Å². The lowest BCUT2D eigenvalue weighted by atomic mass is 9.89. The van der Waals surface area contributed by atoms with Crippen LogP contribution in [-0.2, 0) is 14.8 Å². The highest BCUT2D eigenvalue weighted by molar-refractivity contribution is 7.89. The molecule has 0 unspecified atom stereocenters. The van der Waals surface area contributed by atoms with Crippen LogP contribution in [0.5, 0.6) is 0 Å². The van der Waals surface area contributed by atoms with Gasteiger partial charge in [0.2, 0.25) is 15.8 Å². The minimum absolute atomic E-state index is 0.0724. The zero-order chi connectivity index (χ0) is 15.0. The number of hydrogen-bond acceptors (Lipinski definition) is 5. The fourth-order valence-electron chi connectivity index (χ4n) is 1.79. The lowest BCUT2D eigenvalue weighted by molar-refractivity contribution is -0.390. The third-order valence-corrected chi connectivity index (χ3v) is 4.44. The van der Waals surface area contributed by atoms with Gasteiger partial charge in [0, 0.05) is 12.0 Å². The maximum atomic E-state index is 13.4. The molecule has 0 aliphatic carbocycles. The summed E-state index contributed by atoms with van der Waals surface area (Å²) in [6.07, 6.45) is 0. The van der Waals surface area contributed by atoms with Crippen molar-refractivity contribution in [2.75, 3.05) is 19.8 Å². The Morgan fingerprint density at radius 1 is 1.50 bits per heavy atom. The molecular weight excluding hydrogens is 291 g/mol. The van der Waals surface area contributed by atoms with Gasteiger partial charge in [0.1, 0.15) is 0 Å². The Morgan fingerprint density at radius 2 is 2.15 bits per heavy atom. The fraction of sp³-hybridized carbons (Fsp3) is 0.455. The monoisotopic (exact) mass is 304 g/mol. The number of nitro groups is 1. The number of para-hydroxylation sites is 1. The summed E-state index contributed by atoms with van der Waals surface area (Å²) in [7, 11) is -4.16. The molecule has 1 aromatic carbocycles. The molecule has 0 aromatic heterocycles. The predicted molar refractivity (Wildman–Crippen MR) is 67.2 cm³/mol. The molecule has 0 atom stereocenters. The Balaban J connectivity index is 2.30. The maximum Gasteiger partial charge on any atom is 0.324 e. The highest BCUT2D eigenvalue weighted by Crippen LogP contribution is 2.29. The Morgan fingerprint density at radius 3 is 2.65 bits per heavy atom. The number of hydrogen-bond donors (Lipinski definition) is 1. The normalized spacial score (nSPS) is 17.5. The van der Waals surface area contributed by atoms with E-state index in [2.05, 4.69) is 4.72 Å². The summed E-state index contributed by atoms with van der Waals surface area (Å²) in [4.78, 5) is 9.09. The van der Waals surface area contributed by atoms with Gasteiger partial charge in [0.05, 0.1) is 18.1 Å². The summed E-state index contributed by atoms with van der Waals surface area (Å²) in [5.74, 6) is -1.18. The van der Waals surface area contributed by atoms with Crippen LogP contribution in [-0.4, -0.2) is 33.1 Å². The number of benzene rings is 1. The SMILES string of the molecule is CC1(CNS(=O)(=O)c2cccc(F)c2[N+](=O)[O-])COC1. The first-order valence-electron chi connectivity index (χ1n) is 5.75. The van der Waals surface area contributed by atoms with Crippen LogP contribution in [0.25, 0.3) is 0 Å². The molecular formula is C11H13FN2O5S. The Labute approximate surface area is 114 Å². The number of halogens is 1. The van der Waals surface area contributed by atoms with E-state index in [1.807, 2.05) is 6.92 Å². The summed E-state index contributed by atoms with van der Waals surface area (Å²) in [5.41, 5.74) is -1.38. The fourth-order valence-corrected chi connectivity index (χ4v) is 3.17. The zero-order valence-electron chi connectivity index (χ0n) is 10.6. The number of nitrogens with zero attached hydrogens (tertiary/aromatic N) is 1. The molecule has 2 rings (SSSR count). The number of nitrogens with one attached hydrogen (secondary N) is 1. The second-order valence-corrected chi connectivity index (χ2v) is 6.71. The molecule has 1 aliphatic heterocycles. The molecule has 0 spiro atoms. The average Bonchev–Trinajstić information content (AvgIpc) is 2.33. The molecule has 1 aromatic rings. The molecule has 1 heterocycles. The second kappa shape index (κ2) is 5.08. The maximum absolute atomic E-state index is 13.4. The summed E-state index contributed by atoms with van der Waals surface area (Å²) < 4.78 is 44.8. The van der Waals surface area contributed by atoms with Crippen molar-refractivity contribution in [3.63, 3.8) is 0 Å². The number of ether oxygens (including phenoxy) is 1. The standard InChI is InChI=1S/C11H13FN2O5S/c1-11(6-19-7-11)5-13-20(17,18)9-4-2-3-8(12)10(9)14(15)16/h2-4,13H,5-7H2,1H3. The molecule has 1 N–H and O–H groups in total. The largest absolute Gasteiger partial charge is 0.380 e. The third kappa shape index (κ3) is 2.79. The van der Waals surface area contributed by atoms with Crippen molar-refractivity contribution < 1.29 is 22.5 Å². The summed E-state index contributed by atoms with van der Waals surface area (Å²) in [6.45, 7) is 2.70. The van der Waals surface area contributed by atoms with Crippen LogP contribution < -0.4 is 4.72 Å². The third-order valence-electron chi connectivity index (χ3n) is 3.01. The van der Waals surface area contributed by atoms with Gasteiger partial charge < -0.3 is 4.74 Å². The average molecular weight is 304 g/mol. The summed E-state index contributed by atoms with van der Waals surface area (Å²) in [6, 6.07) is 2.96. The quantitative estimate of drug-likeness (QED) is 0.647. The molecule has 1 saturated heterocycles. The van der Waals surface area contributed by atoms with Gasteiger partial charge in [-0.25, -0.2) is 13.1 Å². The molecule has 1 fully saturated rings. The zero-order valence-corrected chi connectivity index (χ0v) is 11.4. The van der Waals surface area contributed by atoms with Crippen molar-refractivity contribution in [2.24, 2.45) is 5.41 Å². The molecule has 7 nitrogen and oxygen atoms in total. The van der Waals surface area contributed by atoms with E-state index in [1.165, 1.54) is 0 Å². The van der Waals surface area contributed by atoms with Crippen molar-refractivity contribution >= 4 is 15.7 Å². The molecule has 110 valence electrons. The number of rotatable bonds is 5. The van der Waals surface area contributed by atoms with E-state index >= 15 is 0 Å². The molecule has 0 amide bonds. The minimum atomic E-state index is -4.16. The minimum Gasteiger partial charge on any atom is -0.380 e. The molecule has 1 aliphatic rings. The van der Waals surface area contributed by atoms with Gasteiger partial charge in [-0.2, -0.15) is 4.39 Å². The van der Waals surface area contributed by atoms with Crippen molar-refractivity contribution in [2.45, 2.75) is 11.8 Å². The van der Waals surface area contributed by atoms with Crippen LogP contribution in [0.4, 0.5) is 10.1 Å². The van der Waals surface area contributed by atoms with Gasteiger partial charge in [-0.05, 0) is 12.1 Å². The smallest absolute Gasteiger partial charge is 0.324 e. The van der Waals surface area contributed by atoms with E-state index in [0.29, 0.717) is 13.2 Å². The van der Waals surface area contributed by atoms with Crippen molar-refractivity contribution in [3.8, 4) is 0 Å². The summed E-state index contributed by atoms with van der Waals surface area (Å²) >= 11 is 0. The van der Waals surface area contributed by atoms with Gasteiger partial charge >= 0.3 is 5.69 Å². The lowest BCUT2D eigenvalue weighted by Crippen LogP contribution is -2.48. The van der Waals surface area contributed by atoms with Crippen LogP contribution in [0, 0.1) is 21.3 Å². The summed E-state index contributed by atoms with van der Waals surface area (Å²) in [5, 5.41) is 10.8. The number of nitro benzene ring substituents is 1. The highest BCUT2D eigenvalue weighted by Gasteiger charge is 2.36. The van der Waals surface area contributed by atoms with E-state index < -0.39 is 31.3 Å². The van der Waals surface area contributed by atoms with E-state index in [0.717, 1.165) is 18.2 Å². The van der Waals surface area contributed by atoms with Crippen molar-refractivity contribution in [3.05, 3.63) is 34.1 Å². The van der Waals surface area contributed by atoms with Crippen LogP contribution >= 0.6 is 0 Å². The Kier molecular flexibility index (Phi) is 3.76. The topological polar surface area (TPSA) is 98.5 Å². The van der Waals surface area contributed by atoms with E-state index in [1.54, 1.807) is 0 Å². The van der Waals surface area contributed by atoms with Crippen molar-refractivity contribution in [1.82, 2.24) is 4.72 Å². The van der Waals surface area contributed by atoms with Crippen LogP contribution in [0.15, 0.2) is 23.1 Å². The van der Waals surface area contributed by atoms with Crippen LogP contribution in [0.1, 0.15) is 6.92 Å². The predicted octanol–water partition coefficient (Wildman–Crippen LogP) is 1.05. The molecule has 0 radical (unpaired) electrons. The Hall–Kier alpha value is -1.58. The first-order valence-corrected chi connectivity index (χ1v) is 7.24. The molecule has 0 bridgehead atoms. The van der Waals surface area contributed by atoms with E-state index in [4.69, 9.17) is 4.74 Å². The van der Waals surface area contributed by atoms with Gasteiger partial charge in [0.15, 0.2) is 4.90 Å². The van der Waals surface area contributed by atoms with Gasteiger partial charge in [-0.15, -0.1) is 0 Å². The molecule has 20 heavy (non-hydrogen) atoms. The van der Waals surface area contributed by atoms with E-state index in [-0.39, 0.29) is 12.0 Å². The van der Waals surface area contributed by atoms with Crippen LogP contribution in [0.2, 0.25) is 0 Å². The Bertz CT molecular complexity index is 642. The van der Waals surface area contributed by atoms with Gasteiger partial charge in [0.25, 0.3) is 0 Å². The van der Waals surface area contributed by atoms with E-state index in [9.17, 15) is 22.9 Å². The molecule has 9 heteroatoms. The highest BCUT2D eigenvalue weighted by atomic mass is 32.2. The van der Waals surface area contributed by atoms with Gasteiger partial charge in [-0.1, -0.05) is 13.0 Å². The molecule has 0 saturated carbocycles.